The molecule has 0 radical (unpaired) electrons. The fourth-order valence-corrected chi connectivity index (χ4v) is 21.3. The molecule has 10 aliphatic heterocycles. The molecule has 10 saturated heterocycles. The van der Waals surface area contributed by atoms with E-state index in [1.54, 1.807) is 0 Å². The third kappa shape index (κ3) is 101. The average molecular weight is 2070 g/mol. The largest absolute Gasteiger partial charge is 0.314 e. The summed E-state index contributed by atoms with van der Waals surface area (Å²) in [6, 6.07) is 1.70. The van der Waals surface area contributed by atoms with Crippen LogP contribution >= 0.6 is 0 Å². The second kappa shape index (κ2) is 101. The van der Waals surface area contributed by atoms with Gasteiger partial charge < -0.3 is 69.4 Å². The van der Waals surface area contributed by atoms with Crippen LogP contribution in [-0.2, 0) is 0 Å². The monoisotopic (exact) mass is 2060 g/mol. The van der Waals surface area contributed by atoms with Crippen molar-refractivity contribution in [3.63, 3.8) is 0 Å². The molecule has 14 nitrogen and oxygen atoms in total. The molecule has 0 amide bonds. The van der Waals surface area contributed by atoms with Gasteiger partial charge in [-0.3, -0.25) is 0 Å². The van der Waals surface area contributed by atoms with E-state index in [1.165, 1.54) is 518 Å². The van der Waals surface area contributed by atoms with Crippen molar-refractivity contribution < 1.29 is 0 Å². The first-order valence-electron chi connectivity index (χ1n) is 65.7. The van der Waals surface area contributed by atoms with Crippen LogP contribution in [0.3, 0.4) is 0 Å². The lowest BCUT2D eigenvalue weighted by Crippen LogP contribution is -2.48. The predicted octanol–water partition coefficient (Wildman–Crippen LogP) is 32.4. The van der Waals surface area contributed by atoms with E-state index >= 15 is 0 Å². The van der Waals surface area contributed by atoms with Crippen molar-refractivity contribution in [3.8, 4) is 0 Å². The second-order valence-electron chi connectivity index (χ2n) is 54.3. The zero-order valence-corrected chi connectivity index (χ0v) is 107. The fraction of sp³-hybridized carbons (Fsp3) is 1.00. The molecule has 0 aromatic heterocycles. The molecular weight excluding hydrogens is 1780 g/mol. The summed E-state index contributed by atoms with van der Waals surface area (Å²) in [7, 11) is 6.48. The summed E-state index contributed by atoms with van der Waals surface area (Å²) in [4.78, 5) is 31.0. The first-order valence-corrected chi connectivity index (χ1v) is 65.7. The number of piperidine rings is 1. The Labute approximate surface area is 924 Å². The molecule has 880 valence electrons. The van der Waals surface area contributed by atoms with Gasteiger partial charge in [0.1, 0.15) is 0 Å². The zero-order valence-electron chi connectivity index (χ0n) is 107. The van der Waals surface area contributed by atoms with E-state index in [0.717, 1.165) is 107 Å². The maximum Gasteiger partial charge on any atom is 0.0110 e. The molecule has 1 aliphatic carbocycles. The second-order valence-corrected chi connectivity index (χ2v) is 54.3. The molecule has 0 aromatic rings. The van der Waals surface area contributed by atoms with Crippen LogP contribution in [0.5, 0.6) is 0 Å². The van der Waals surface area contributed by atoms with E-state index in [1.807, 2.05) is 0 Å². The Morgan fingerprint density at radius 1 is 0.247 bits per heavy atom. The van der Waals surface area contributed by atoms with E-state index in [4.69, 9.17) is 0 Å². The van der Waals surface area contributed by atoms with Crippen LogP contribution in [0.15, 0.2) is 0 Å². The Bertz CT molecular complexity index is 2520. The van der Waals surface area contributed by atoms with E-state index in [-0.39, 0.29) is 0 Å². The van der Waals surface area contributed by atoms with Crippen LogP contribution in [0.25, 0.3) is 0 Å². The number of hydrogen-bond donors (Lipinski definition) is 2. The van der Waals surface area contributed by atoms with Crippen LogP contribution in [0.2, 0.25) is 0 Å². The fourth-order valence-electron chi connectivity index (χ4n) is 21.3. The SMILES string of the molecule is CC(C)CCC1CCCN1.CC(C)CCCCN(C)C.CC(C)CCCN1CCCC1.CC(C)CCCN1CCNCC1.CC(C)CCN1CCC(C)C1.CC(C)CCN1CCC(CN2CCCC2)C1.CC(C)CCN1CCCC1C.CC(C)CCN1CCCCC1.CC(C)CCN1CCN(C)CC1.CC(C)CCN1CCN(CC2CCCCC2)CC1.CCCCC(C)C.CCCCCC(C)C.CCCCCCC(C)C. The molecule has 4 atom stereocenters. The number of nitrogens with one attached hydrogen (secondary N) is 2. The lowest BCUT2D eigenvalue weighted by Gasteiger charge is -2.37. The first kappa shape index (κ1) is 147. The van der Waals surface area contributed by atoms with Crippen LogP contribution in [0, 0.1) is 94.7 Å². The van der Waals surface area contributed by atoms with Gasteiger partial charge in [-0.2, -0.15) is 0 Å². The number of rotatable bonds is 50. The highest BCUT2D eigenvalue weighted by Crippen LogP contribution is 2.27. The van der Waals surface area contributed by atoms with Crippen molar-refractivity contribution in [2.75, 3.05) is 250 Å². The van der Waals surface area contributed by atoms with E-state index < -0.39 is 0 Å². The minimum atomic E-state index is 0.849. The highest BCUT2D eigenvalue weighted by Gasteiger charge is 2.28. The van der Waals surface area contributed by atoms with Gasteiger partial charge in [-0.05, 0) is 420 Å². The van der Waals surface area contributed by atoms with Gasteiger partial charge in [0.05, 0.1) is 0 Å². The number of likely N-dealkylation sites (N-methyl/N-ethyl adjacent to an activating group) is 1. The van der Waals surface area contributed by atoms with Crippen LogP contribution < -0.4 is 10.6 Å². The van der Waals surface area contributed by atoms with Crippen LogP contribution in [-0.4, -0.2) is 321 Å². The zero-order chi connectivity index (χ0) is 109. The Balaban J connectivity index is 0. The number of piperazine rings is 3. The Hall–Kier alpha value is -0.560. The van der Waals surface area contributed by atoms with Gasteiger partial charge in [0.15, 0.2) is 0 Å². The van der Waals surface area contributed by atoms with Gasteiger partial charge in [0, 0.05) is 117 Å². The maximum absolute atomic E-state index is 3.51. The quantitative estimate of drug-likeness (QED) is 0.0569. The topological polar surface area (TPSA) is 62.9 Å². The van der Waals surface area contributed by atoms with Gasteiger partial charge in [-0.1, -0.05) is 323 Å². The molecule has 146 heavy (non-hydrogen) atoms. The van der Waals surface area contributed by atoms with Crippen molar-refractivity contribution in [1.29, 1.82) is 0 Å². The Kier molecular flexibility index (Phi) is 102. The molecule has 11 fully saturated rings. The predicted molar refractivity (Wildman–Crippen MR) is 664 cm³/mol. The summed E-state index contributed by atoms with van der Waals surface area (Å²) < 4.78 is 0. The number of likely N-dealkylation sites (tertiary alicyclic amines) is 6. The van der Waals surface area contributed by atoms with Crippen molar-refractivity contribution >= 4 is 0 Å². The third-order valence-electron chi connectivity index (χ3n) is 32.1. The van der Waals surface area contributed by atoms with Crippen molar-refractivity contribution in [1.82, 2.24) is 69.4 Å². The van der Waals surface area contributed by atoms with Crippen molar-refractivity contribution in [2.24, 2.45) is 94.7 Å². The maximum atomic E-state index is 3.51. The molecule has 11 aliphatic rings. The highest BCUT2D eigenvalue weighted by molar-refractivity contribution is 4.83. The molecule has 10 heterocycles. The molecule has 14 heteroatoms. The summed E-state index contributed by atoms with van der Waals surface area (Å²) >= 11 is 0. The summed E-state index contributed by atoms with van der Waals surface area (Å²) in [5, 5.41) is 6.88. The van der Waals surface area contributed by atoms with E-state index in [9.17, 15) is 0 Å². The normalized spacial score (nSPS) is 21.0. The van der Waals surface area contributed by atoms with Crippen molar-refractivity contribution in [2.45, 2.75) is 516 Å². The van der Waals surface area contributed by atoms with Crippen LogP contribution in [0.4, 0.5) is 0 Å². The van der Waals surface area contributed by atoms with Gasteiger partial charge in [-0.25, -0.2) is 0 Å². The standard InChI is InChI=1S/C16H32N2.C14H28N2.2C10H22N2.4C10H21N.C9H19N.C9H21N.C9H20.C8H18.C7H16/c1-15(2)8-9-17-10-12-18(13-11-17)14-16-6-4-3-5-7-16;1-13(2)5-9-16-10-6-14(12-16)11-15-7-3-4-8-15;1-10(2)4-5-12-8-6-11(3)7-9-12;1-10(2)4-3-7-12-8-5-11-6-9-12;1-9(2)4-6-11-7-5-10(3)8-11;1-9(2)6-8-11-7-4-5-10(11)3;1-10(2)6-5-9-11-7-3-4-8-11;1-10(2)6-9-11-7-4-3-5-8-11;1-8(2)5-6-9-4-3-7-10-9;1-9(2)7-5-6-8-10(3)4;1-4-5-6-7-8-9(2)3;1-4-5-6-7-8(2)3;1-4-5-6-7(2)3/h15-16H,3-14H2,1-2H3;13-14H,3-12H2,1-2H3;10H,4-9H2,1-3H3;10-11H,3-9H2,1-2H3;2*9-10H,4-8H2,1-3H3;2*10H,3-9H2,1-2H3;8-10H,3-7H2,1-2H3;9H,5-8H2,1-4H3;9H,4-8H2,1-3H3;8H,4-7H2,1-3H3;7H,4-6H2,1-3H3. The van der Waals surface area contributed by atoms with Gasteiger partial charge in [0.25, 0.3) is 0 Å². The summed E-state index contributed by atoms with van der Waals surface area (Å²) in [6.07, 6.45) is 63.4. The lowest BCUT2D eigenvalue weighted by atomic mass is 9.89. The van der Waals surface area contributed by atoms with E-state index in [2.05, 4.69) is 305 Å². The molecular formula is C132H282N14. The molecule has 1 saturated carbocycles. The van der Waals surface area contributed by atoms with Crippen molar-refractivity contribution in [3.05, 3.63) is 0 Å². The molecule has 4 unspecified atom stereocenters. The minimum Gasteiger partial charge on any atom is -0.314 e. The summed E-state index contributed by atoms with van der Waals surface area (Å²) in [5.41, 5.74) is 0. The molecule has 11 rings (SSSR count). The third-order valence-corrected chi connectivity index (χ3v) is 32.1. The molecule has 0 bridgehead atoms. The Morgan fingerprint density at radius 2 is 0.589 bits per heavy atom. The van der Waals surface area contributed by atoms with Gasteiger partial charge in [-0.15, -0.1) is 0 Å². The average Bonchev–Trinajstić information content (AvgIpc) is 1.69. The number of hydrogen-bond acceptors (Lipinski definition) is 14. The van der Waals surface area contributed by atoms with Gasteiger partial charge in [0.2, 0.25) is 0 Å². The van der Waals surface area contributed by atoms with Gasteiger partial charge >= 0.3 is 0 Å². The number of unbranched alkanes of at least 4 members (excludes halogenated alkanes) is 7. The Morgan fingerprint density at radius 3 is 0.993 bits per heavy atom. The summed E-state index contributed by atoms with van der Waals surface area (Å²) in [6.45, 7) is 117. The molecule has 0 spiro atoms. The lowest BCUT2D eigenvalue weighted by molar-refractivity contribution is 0.106. The molecule has 2 N–H and O–H groups in total. The number of nitrogens with zero attached hydrogens (tertiary/aromatic N) is 12. The minimum absolute atomic E-state index is 0.849. The first-order chi connectivity index (χ1) is 69.6. The smallest absolute Gasteiger partial charge is 0.0110 e. The molecule has 0 aromatic carbocycles. The highest BCUT2D eigenvalue weighted by atomic mass is 15.3. The van der Waals surface area contributed by atoms with Crippen LogP contribution in [0.1, 0.15) is 504 Å². The summed E-state index contributed by atoms with van der Waals surface area (Å²) in [5.74, 6) is 14.3. The van der Waals surface area contributed by atoms with E-state index in [0.29, 0.717) is 0 Å².